The lowest BCUT2D eigenvalue weighted by molar-refractivity contribution is 0.278. The first-order chi connectivity index (χ1) is 9.53. The van der Waals surface area contributed by atoms with Crippen molar-refractivity contribution in [3.63, 3.8) is 0 Å². The Balaban J connectivity index is 2.15. The van der Waals surface area contributed by atoms with Crippen molar-refractivity contribution in [2.24, 2.45) is 0 Å². The normalized spacial score (nSPS) is 18.3. The van der Waals surface area contributed by atoms with Crippen LogP contribution in [0.1, 0.15) is 31.2 Å². The van der Waals surface area contributed by atoms with E-state index in [1.807, 2.05) is 6.26 Å². The molecule has 2 rings (SSSR count). The van der Waals surface area contributed by atoms with Crippen LogP contribution in [0.25, 0.3) is 0 Å². The third-order valence-electron chi connectivity index (χ3n) is 3.96. The lowest BCUT2D eigenvalue weighted by Gasteiger charge is -2.27. The highest BCUT2D eigenvalue weighted by molar-refractivity contribution is 8.00. The van der Waals surface area contributed by atoms with E-state index in [9.17, 15) is 13.5 Å². The summed E-state index contributed by atoms with van der Waals surface area (Å²) >= 11 is 1.75. The van der Waals surface area contributed by atoms with Gasteiger partial charge in [-0.15, -0.1) is 0 Å². The van der Waals surface area contributed by atoms with Crippen LogP contribution in [0.3, 0.4) is 0 Å². The summed E-state index contributed by atoms with van der Waals surface area (Å²) in [4.78, 5) is 0.178. The summed E-state index contributed by atoms with van der Waals surface area (Å²) in [6, 6.07) is 6.57. The van der Waals surface area contributed by atoms with Crippen molar-refractivity contribution >= 4 is 21.8 Å². The molecule has 0 radical (unpaired) electrons. The van der Waals surface area contributed by atoms with Gasteiger partial charge in [0.25, 0.3) is 0 Å². The molecule has 0 unspecified atom stereocenters. The van der Waals surface area contributed by atoms with Gasteiger partial charge in [0.2, 0.25) is 10.0 Å². The second-order valence-electron chi connectivity index (χ2n) is 5.18. The number of hydrogen-bond acceptors (Lipinski definition) is 4. The first kappa shape index (κ1) is 15.8. The predicted molar refractivity (Wildman–Crippen MR) is 82.3 cm³/mol. The third kappa shape index (κ3) is 3.36. The van der Waals surface area contributed by atoms with Crippen molar-refractivity contribution in [2.75, 3.05) is 12.8 Å². The minimum Gasteiger partial charge on any atom is -0.392 e. The van der Waals surface area contributed by atoms with E-state index < -0.39 is 10.0 Å². The standard InChI is InChI=1S/C14H21NO3S2/c1-19-14(8-4-5-9-14)11-15-20(17,18)13-7-3-2-6-12(13)10-16/h2-3,6-7,15-16H,4-5,8-11H2,1H3. The van der Waals surface area contributed by atoms with E-state index >= 15 is 0 Å². The van der Waals surface area contributed by atoms with Crippen molar-refractivity contribution < 1.29 is 13.5 Å². The van der Waals surface area contributed by atoms with Gasteiger partial charge in [-0.25, -0.2) is 13.1 Å². The number of rotatable bonds is 6. The van der Waals surface area contributed by atoms with Crippen molar-refractivity contribution in [2.45, 2.75) is 41.9 Å². The number of nitrogens with one attached hydrogen (secondary N) is 1. The first-order valence-electron chi connectivity index (χ1n) is 6.77. The van der Waals surface area contributed by atoms with E-state index in [1.54, 1.807) is 30.0 Å². The number of thioether (sulfide) groups is 1. The molecule has 0 aliphatic heterocycles. The molecule has 6 heteroatoms. The van der Waals surface area contributed by atoms with Crippen molar-refractivity contribution in [3.8, 4) is 0 Å². The summed E-state index contributed by atoms with van der Waals surface area (Å²) in [6.45, 7) is 0.182. The minimum absolute atomic E-state index is 0.0290. The molecule has 1 aromatic rings. The number of aliphatic hydroxyl groups excluding tert-OH is 1. The summed E-state index contributed by atoms with van der Waals surface area (Å²) in [5.41, 5.74) is 0.435. The van der Waals surface area contributed by atoms with Crippen LogP contribution in [0, 0.1) is 0 Å². The number of benzene rings is 1. The summed E-state index contributed by atoms with van der Waals surface area (Å²) < 4.78 is 27.5. The van der Waals surface area contributed by atoms with Crippen molar-refractivity contribution in [1.29, 1.82) is 0 Å². The number of aliphatic hydroxyl groups is 1. The van der Waals surface area contributed by atoms with Crippen LogP contribution in [0.15, 0.2) is 29.2 Å². The highest BCUT2D eigenvalue weighted by Gasteiger charge is 2.34. The van der Waals surface area contributed by atoms with Crippen molar-refractivity contribution in [3.05, 3.63) is 29.8 Å². The molecule has 0 spiro atoms. The molecule has 1 aromatic carbocycles. The highest BCUT2D eigenvalue weighted by Crippen LogP contribution is 2.39. The Labute approximate surface area is 125 Å². The van der Waals surface area contributed by atoms with Crippen LogP contribution in [0.5, 0.6) is 0 Å². The molecule has 0 atom stereocenters. The lowest BCUT2D eigenvalue weighted by atomic mass is 10.1. The molecule has 0 heterocycles. The van der Waals surface area contributed by atoms with Crippen LogP contribution in [-0.4, -0.2) is 31.1 Å². The Morgan fingerprint density at radius 3 is 2.55 bits per heavy atom. The molecule has 0 saturated heterocycles. The summed E-state index contributed by atoms with van der Waals surface area (Å²) in [5, 5.41) is 9.26. The molecule has 4 nitrogen and oxygen atoms in total. The minimum atomic E-state index is -3.56. The Hall–Kier alpha value is -0.560. The van der Waals surface area contributed by atoms with Gasteiger partial charge in [-0.2, -0.15) is 11.8 Å². The molecular formula is C14H21NO3S2. The van der Waals surface area contributed by atoms with E-state index in [2.05, 4.69) is 4.72 Å². The summed E-state index contributed by atoms with van der Waals surface area (Å²) in [6.07, 6.45) is 6.48. The average Bonchev–Trinajstić information content (AvgIpc) is 2.95. The maximum Gasteiger partial charge on any atom is 0.240 e. The van der Waals surface area contributed by atoms with E-state index in [-0.39, 0.29) is 16.2 Å². The summed E-state index contributed by atoms with van der Waals surface area (Å²) in [7, 11) is -3.56. The largest absolute Gasteiger partial charge is 0.392 e. The van der Waals surface area contributed by atoms with E-state index in [0.717, 1.165) is 25.7 Å². The van der Waals surface area contributed by atoms with Crippen molar-refractivity contribution in [1.82, 2.24) is 4.72 Å². The SMILES string of the molecule is CSC1(CNS(=O)(=O)c2ccccc2CO)CCCC1. The average molecular weight is 315 g/mol. The zero-order chi connectivity index (χ0) is 14.6. The van der Waals surface area contributed by atoms with E-state index in [4.69, 9.17) is 0 Å². The van der Waals surface area contributed by atoms with Gasteiger partial charge in [0.05, 0.1) is 11.5 Å². The van der Waals surface area contributed by atoms with Crippen LogP contribution in [-0.2, 0) is 16.6 Å². The first-order valence-corrected chi connectivity index (χ1v) is 9.47. The van der Waals surface area contributed by atoms with Crippen LogP contribution < -0.4 is 4.72 Å². The Morgan fingerprint density at radius 2 is 1.95 bits per heavy atom. The molecule has 1 fully saturated rings. The van der Waals surface area contributed by atoms with Gasteiger partial charge in [0, 0.05) is 11.3 Å². The zero-order valence-corrected chi connectivity index (χ0v) is 13.3. The second kappa shape index (κ2) is 6.47. The number of sulfonamides is 1. The Kier molecular flexibility index (Phi) is 5.12. The molecule has 20 heavy (non-hydrogen) atoms. The molecule has 2 N–H and O–H groups in total. The fourth-order valence-corrected chi connectivity index (χ4v) is 5.04. The van der Waals surface area contributed by atoms with Gasteiger partial charge < -0.3 is 5.11 Å². The summed E-state index contributed by atoms with van der Waals surface area (Å²) in [5.74, 6) is 0. The molecule has 1 aliphatic rings. The molecule has 0 bridgehead atoms. The zero-order valence-electron chi connectivity index (χ0n) is 11.6. The highest BCUT2D eigenvalue weighted by atomic mass is 32.2. The van der Waals surface area contributed by atoms with Gasteiger partial charge in [0.15, 0.2) is 0 Å². The van der Waals surface area contributed by atoms with Crippen LogP contribution in [0.2, 0.25) is 0 Å². The maximum atomic E-state index is 12.4. The molecule has 0 amide bonds. The monoisotopic (exact) mass is 315 g/mol. The molecule has 1 saturated carbocycles. The van der Waals surface area contributed by atoms with Crippen LogP contribution in [0.4, 0.5) is 0 Å². The second-order valence-corrected chi connectivity index (χ2v) is 8.19. The quantitative estimate of drug-likeness (QED) is 0.844. The van der Waals surface area contributed by atoms with Gasteiger partial charge in [-0.1, -0.05) is 31.0 Å². The fraction of sp³-hybridized carbons (Fsp3) is 0.571. The van der Waals surface area contributed by atoms with Gasteiger partial charge in [-0.3, -0.25) is 0 Å². The van der Waals surface area contributed by atoms with E-state index in [1.165, 1.54) is 6.07 Å². The smallest absolute Gasteiger partial charge is 0.240 e. The fourth-order valence-electron chi connectivity index (χ4n) is 2.67. The topological polar surface area (TPSA) is 66.4 Å². The van der Waals surface area contributed by atoms with Gasteiger partial charge in [-0.05, 0) is 30.7 Å². The Morgan fingerprint density at radius 1 is 1.30 bits per heavy atom. The number of hydrogen-bond donors (Lipinski definition) is 2. The van der Waals surface area contributed by atoms with E-state index in [0.29, 0.717) is 12.1 Å². The lowest BCUT2D eigenvalue weighted by Crippen LogP contribution is -2.38. The van der Waals surface area contributed by atoms with Gasteiger partial charge in [0.1, 0.15) is 0 Å². The Bertz CT molecular complexity index is 551. The molecule has 0 aromatic heterocycles. The molecular weight excluding hydrogens is 294 g/mol. The van der Waals surface area contributed by atoms with Gasteiger partial charge >= 0.3 is 0 Å². The predicted octanol–water partition coefficient (Wildman–Crippen LogP) is 2.13. The molecule has 112 valence electrons. The maximum absolute atomic E-state index is 12.4. The van der Waals surface area contributed by atoms with Crippen LogP contribution >= 0.6 is 11.8 Å². The molecule has 1 aliphatic carbocycles. The third-order valence-corrected chi connectivity index (χ3v) is 6.88.